The van der Waals surface area contributed by atoms with Crippen LogP contribution in [-0.4, -0.2) is 57.1 Å². The topological polar surface area (TPSA) is 102 Å². The van der Waals surface area contributed by atoms with Crippen molar-refractivity contribution in [2.24, 2.45) is 0 Å². The van der Waals surface area contributed by atoms with Gasteiger partial charge in [-0.2, -0.15) is 21.7 Å². The molecule has 0 bridgehead atoms. The first kappa shape index (κ1) is 18.1. The van der Waals surface area contributed by atoms with Crippen LogP contribution in [-0.2, 0) is 0 Å². The van der Waals surface area contributed by atoms with Crippen molar-refractivity contribution in [1.29, 1.82) is 0 Å². The van der Waals surface area contributed by atoms with E-state index in [0.717, 1.165) is 36.1 Å². The molecule has 0 radical (unpaired) electrons. The molecular weight excluding hydrogens is 340 g/mol. The zero-order valence-electron chi connectivity index (χ0n) is 12.9. The smallest absolute Gasteiger partial charge is 0.373 e. The average Bonchev–Trinajstić information content (AvgIpc) is 2.55. The molecule has 0 aliphatic carbocycles. The van der Waals surface area contributed by atoms with Crippen LogP contribution < -0.4 is 9.64 Å². The number of anilines is 1. The summed E-state index contributed by atoms with van der Waals surface area (Å²) in [5.74, 6) is 1.88. The third-order valence-electron chi connectivity index (χ3n) is 3.24. The third kappa shape index (κ3) is 4.85. The molecule has 1 saturated heterocycles. The van der Waals surface area contributed by atoms with E-state index in [4.69, 9.17) is 9.84 Å². The van der Waals surface area contributed by atoms with Gasteiger partial charge in [-0.3, -0.25) is 10.1 Å². The van der Waals surface area contributed by atoms with E-state index in [1.807, 2.05) is 23.6 Å². The largest absolute Gasteiger partial charge is 0.473 e. The van der Waals surface area contributed by atoms with Crippen molar-refractivity contribution in [2.75, 3.05) is 42.0 Å². The molecule has 1 N–H and O–H groups in total. The minimum absolute atomic E-state index is 0.0115. The van der Waals surface area contributed by atoms with Gasteiger partial charge in [-0.15, -0.1) is 0 Å². The molecule has 0 saturated carbocycles. The fourth-order valence-electron chi connectivity index (χ4n) is 2.10. The summed E-state index contributed by atoms with van der Waals surface area (Å²) < 4.78 is 5.54. The van der Waals surface area contributed by atoms with E-state index in [1.165, 1.54) is 0 Å². The van der Waals surface area contributed by atoms with Gasteiger partial charge < -0.3 is 14.7 Å². The Kier molecular flexibility index (Phi) is 7.18. The number of unbranched alkanes of at least 4 members (excludes halogenated alkanes) is 1. The molecule has 8 nitrogen and oxygen atoms in total. The SMILES string of the molecule is CCCCOc1nc(SCO)nc(N2CCSCC2)c1[N+](=O)[O-]. The lowest BCUT2D eigenvalue weighted by Crippen LogP contribution is -2.34. The Balaban J connectivity index is 2.40. The summed E-state index contributed by atoms with van der Waals surface area (Å²) >= 11 is 2.84. The van der Waals surface area contributed by atoms with Crippen LogP contribution in [0.25, 0.3) is 0 Å². The van der Waals surface area contributed by atoms with Crippen molar-refractivity contribution in [3.63, 3.8) is 0 Å². The van der Waals surface area contributed by atoms with Gasteiger partial charge in [0.15, 0.2) is 5.16 Å². The maximum absolute atomic E-state index is 11.5. The standard InChI is InChI=1S/C13H20N4O4S2/c1-2-3-6-21-12-10(17(19)20)11(14-13(15-12)23-9-18)16-4-7-22-8-5-16/h18H,2-9H2,1H3. The minimum Gasteiger partial charge on any atom is -0.473 e. The van der Waals surface area contributed by atoms with Crippen LogP contribution in [0.3, 0.4) is 0 Å². The highest BCUT2D eigenvalue weighted by atomic mass is 32.2. The number of aliphatic hydroxyl groups excluding tert-OH is 1. The Bertz CT molecular complexity index is 541. The highest BCUT2D eigenvalue weighted by Crippen LogP contribution is 2.37. The first-order chi connectivity index (χ1) is 11.2. The van der Waals surface area contributed by atoms with Crippen LogP contribution in [0, 0.1) is 10.1 Å². The number of thioether (sulfide) groups is 2. The molecule has 0 amide bonds. The zero-order chi connectivity index (χ0) is 16.7. The van der Waals surface area contributed by atoms with E-state index in [1.54, 1.807) is 0 Å². The van der Waals surface area contributed by atoms with Gasteiger partial charge in [0.05, 0.1) is 17.5 Å². The predicted molar refractivity (Wildman–Crippen MR) is 91.6 cm³/mol. The summed E-state index contributed by atoms with van der Waals surface area (Å²) in [6.45, 7) is 3.77. The molecule has 1 aliphatic heterocycles. The second-order valence-corrected chi connectivity index (χ2v) is 6.95. The van der Waals surface area contributed by atoms with Crippen LogP contribution in [0.4, 0.5) is 11.5 Å². The summed E-state index contributed by atoms with van der Waals surface area (Å²) in [7, 11) is 0. The molecule has 1 fully saturated rings. The fourth-order valence-corrected chi connectivity index (χ4v) is 3.41. The number of hydrogen-bond donors (Lipinski definition) is 1. The van der Waals surface area contributed by atoms with E-state index >= 15 is 0 Å². The second-order valence-electron chi connectivity index (χ2n) is 4.82. The number of ether oxygens (including phenoxy) is 1. The molecule has 1 aliphatic rings. The van der Waals surface area contributed by atoms with E-state index in [0.29, 0.717) is 19.7 Å². The molecule has 1 aromatic rings. The van der Waals surface area contributed by atoms with Gasteiger partial charge in [-0.05, 0) is 6.42 Å². The van der Waals surface area contributed by atoms with Crippen molar-refractivity contribution >= 4 is 35.0 Å². The predicted octanol–water partition coefficient (Wildman–Crippen LogP) is 2.16. The van der Waals surface area contributed by atoms with E-state index in [9.17, 15) is 10.1 Å². The van der Waals surface area contributed by atoms with E-state index < -0.39 is 4.92 Å². The fraction of sp³-hybridized carbons (Fsp3) is 0.692. The molecule has 0 unspecified atom stereocenters. The maximum Gasteiger partial charge on any atom is 0.373 e. The van der Waals surface area contributed by atoms with Crippen molar-refractivity contribution in [1.82, 2.24) is 9.97 Å². The number of aliphatic hydroxyl groups is 1. The number of hydrogen-bond acceptors (Lipinski definition) is 9. The number of rotatable bonds is 8. The Morgan fingerprint density at radius 2 is 2.17 bits per heavy atom. The molecule has 0 atom stereocenters. The Labute approximate surface area is 143 Å². The monoisotopic (exact) mass is 360 g/mol. The minimum atomic E-state index is -0.480. The van der Waals surface area contributed by atoms with Gasteiger partial charge >= 0.3 is 11.6 Å². The highest BCUT2D eigenvalue weighted by molar-refractivity contribution is 7.99. The summed E-state index contributed by atoms with van der Waals surface area (Å²) in [5.41, 5.74) is -0.185. The van der Waals surface area contributed by atoms with Gasteiger partial charge in [0.1, 0.15) is 0 Å². The normalized spacial score (nSPS) is 14.8. The van der Waals surface area contributed by atoms with Gasteiger partial charge in [0.2, 0.25) is 5.82 Å². The van der Waals surface area contributed by atoms with Crippen molar-refractivity contribution in [2.45, 2.75) is 24.9 Å². The third-order valence-corrected chi connectivity index (χ3v) is 4.75. The summed E-state index contributed by atoms with van der Waals surface area (Å²) in [6.07, 6.45) is 1.71. The Hall–Kier alpha value is -1.26. The lowest BCUT2D eigenvalue weighted by molar-refractivity contribution is -0.385. The summed E-state index contributed by atoms with van der Waals surface area (Å²) in [4.78, 5) is 21.3. The van der Waals surface area contributed by atoms with Crippen LogP contribution in [0.15, 0.2) is 5.16 Å². The lowest BCUT2D eigenvalue weighted by atomic mass is 10.3. The van der Waals surface area contributed by atoms with Crippen LogP contribution in [0.2, 0.25) is 0 Å². The molecular formula is C13H20N4O4S2. The quantitative estimate of drug-likeness (QED) is 0.186. The first-order valence-electron chi connectivity index (χ1n) is 7.43. The second kappa shape index (κ2) is 9.14. The molecule has 10 heteroatoms. The van der Waals surface area contributed by atoms with Crippen LogP contribution >= 0.6 is 23.5 Å². The van der Waals surface area contributed by atoms with Crippen molar-refractivity contribution in [3.05, 3.63) is 10.1 Å². The summed E-state index contributed by atoms with van der Waals surface area (Å²) in [5, 5.41) is 20.9. The Morgan fingerprint density at radius 1 is 1.43 bits per heavy atom. The van der Waals surface area contributed by atoms with Crippen LogP contribution in [0.1, 0.15) is 19.8 Å². The molecule has 2 heterocycles. The maximum atomic E-state index is 11.5. The molecule has 128 valence electrons. The molecule has 0 aromatic carbocycles. The zero-order valence-corrected chi connectivity index (χ0v) is 14.6. The van der Waals surface area contributed by atoms with E-state index in [-0.39, 0.29) is 28.5 Å². The number of aromatic nitrogens is 2. The summed E-state index contributed by atoms with van der Waals surface area (Å²) in [6, 6.07) is 0. The highest BCUT2D eigenvalue weighted by Gasteiger charge is 2.30. The van der Waals surface area contributed by atoms with Gasteiger partial charge in [0, 0.05) is 24.6 Å². The van der Waals surface area contributed by atoms with Gasteiger partial charge in [-0.1, -0.05) is 25.1 Å². The molecule has 23 heavy (non-hydrogen) atoms. The lowest BCUT2D eigenvalue weighted by Gasteiger charge is -2.27. The average molecular weight is 360 g/mol. The molecule has 1 aromatic heterocycles. The van der Waals surface area contributed by atoms with Gasteiger partial charge in [-0.25, -0.2) is 0 Å². The first-order valence-corrected chi connectivity index (χ1v) is 9.57. The van der Waals surface area contributed by atoms with Crippen molar-refractivity contribution < 1.29 is 14.8 Å². The van der Waals surface area contributed by atoms with Gasteiger partial charge in [0.25, 0.3) is 0 Å². The Morgan fingerprint density at radius 3 is 2.78 bits per heavy atom. The van der Waals surface area contributed by atoms with Crippen molar-refractivity contribution in [3.8, 4) is 5.88 Å². The number of nitro groups is 1. The van der Waals surface area contributed by atoms with Crippen LogP contribution in [0.5, 0.6) is 5.88 Å². The molecule has 0 spiro atoms. The number of nitrogens with zero attached hydrogens (tertiary/aromatic N) is 4. The van der Waals surface area contributed by atoms with E-state index in [2.05, 4.69) is 9.97 Å². The molecule has 2 rings (SSSR count).